The van der Waals surface area contributed by atoms with Crippen LogP contribution in [0.2, 0.25) is 0 Å². The van der Waals surface area contributed by atoms with Gasteiger partial charge in [-0.15, -0.1) is 11.6 Å². The molecule has 104 valence electrons. The molecule has 4 nitrogen and oxygen atoms in total. The van der Waals surface area contributed by atoms with Crippen LogP contribution in [0.5, 0.6) is 0 Å². The first-order chi connectivity index (χ1) is 8.78. The van der Waals surface area contributed by atoms with Crippen LogP contribution in [0.1, 0.15) is 18.1 Å². The second-order valence-electron chi connectivity index (χ2n) is 4.50. The molecule has 1 aromatic heterocycles. The van der Waals surface area contributed by atoms with Crippen LogP contribution in [0.4, 0.5) is 0 Å². The van der Waals surface area contributed by atoms with Gasteiger partial charge < -0.3 is 4.57 Å². The summed E-state index contributed by atoms with van der Waals surface area (Å²) in [5, 5.41) is -0.272. The summed E-state index contributed by atoms with van der Waals surface area (Å²) >= 11 is 9.54. The molecule has 0 N–H and O–H groups in total. The maximum atomic E-state index is 11.3. The third-order valence-corrected chi connectivity index (χ3v) is 4.39. The van der Waals surface area contributed by atoms with E-state index in [1.807, 2.05) is 29.7 Å². The van der Waals surface area contributed by atoms with E-state index < -0.39 is 9.84 Å². The van der Waals surface area contributed by atoms with Crippen LogP contribution in [0.3, 0.4) is 0 Å². The first kappa shape index (κ1) is 14.8. The van der Waals surface area contributed by atoms with Gasteiger partial charge in [0.05, 0.1) is 22.2 Å². The number of hydrogen-bond donors (Lipinski definition) is 0. The Kier molecular flexibility index (Phi) is 4.23. The average molecular weight is 366 g/mol. The van der Waals surface area contributed by atoms with E-state index in [9.17, 15) is 8.42 Å². The number of alkyl halides is 1. The smallest absolute Gasteiger partial charge is 0.149 e. The Morgan fingerprint density at radius 2 is 2.16 bits per heavy atom. The zero-order valence-electron chi connectivity index (χ0n) is 10.6. The minimum atomic E-state index is -3.02. The molecular formula is C12H14BrClN2O2S. The van der Waals surface area contributed by atoms with E-state index in [1.165, 1.54) is 6.26 Å². The molecule has 1 aromatic carbocycles. The first-order valence-corrected chi connectivity index (χ1v) is 9.04. The number of sulfone groups is 1. The molecule has 0 fully saturated rings. The van der Waals surface area contributed by atoms with Crippen LogP contribution in [0.15, 0.2) is 22.7 Å². The number of imidazole rings is 1. The monoisotopic (exact) mass is 364 g/mol. The minimum absolute atomic E-state index is 0.0710. The highest BCUT2D eigenvalue weighted by Gasteiger charge is 2.16. The predicted octanol–water partition coefficient (Wildman–Crippen LogP) is 3.14. The molecule has 0 saturated carbocycles. The largest absolute Gasteiger partial charge is 0.326 e. The van der Waals surface area contributed by atoms with Crippen LogP contribution in [0.25, 0.3) is 11.0 Å². The molecule has 0 amide bonds. The molecule has 1 heterocycles. The van der Waals surface area contributed by atoms with Gasteiger partial charge in [-0.3, -0.25) is 0 Å². The molecule has 0 aliphatic heterocycles. The third kappa shape index (κ3) is 3.49. The Morgan fingerprint density at radius 1 is 1.47 bits per heavy atom. The van der Waals surface area contributed by atoms with Crippen LogP contribution in [-0.4, -0.2) is 30.0 Å². The molecule has 1 unspecified atom stereocenters. The average Bonchev–Trinajstić information content (AvgIpc) is 2.63. The topological polar surface area (TPSA) is 52.0 Å². The van der Waals surface area contributed by atoms with Crippen LogP contribution < -0.4 is 0 Å². The molecule has 19 heavy (non-hydrogen) atoms. The maximum absolute atomic E-state index is 11.3. The third-order valence-electron chi connectivity index (χ3n) is 2.78. The molecule has 0 saturated heterocycles. The van der Waals surface area contributed by atoms with Crippen molar-refractivity contribution < 1.29 is 8.42 Å². The standard InChI is InChI=1S/C12H14BrClN2O2S/c1-8(14)12-15-10-4-3-9(13)7-11(10)16(12)5-6-19(2,17)18/h3-4,7-8H,5-6H2,1-2H3. The van der Waals surface area contributed by atoms with Gasteiger partial charge in [-0.25, -0.2) is 13.4 Å². The van der Waals surface area contributed by atoms with Gasteiger partial charge in [0.25, 0.3) is 0 Å². The second-order valence-corrected chi connectivity index (χ2v) is 8.33. The number of hydrogen-bond acceptors (Lipinski definition) is 3. The zero-order chi connectivity index (χ0) is 14.2. The number of aromatic nitrogens is 2. The second kappa shape index (κ2) is 5.42. The lowest BCUT2D eigenvalue weighted by Gasteiger charge is -2.09. The molecule has 2 rings (SSSR count). The van der Waals surface area contributed by atoms with Gasteiger partial charge in [0, 0.05) is 17.3 Å². The zero-order valence-corrected chi connectivity index (χ0v) is 13.8. The fourth-order valence-corrected chi connectivity index (χ4v) is 2.94. The molecule has 0 radical (unpaired) electrons. The summed E-state index contributed by atoms with van der Waals surface area (Å²) in [6, 6.07) is 5.71. The fraction of sp³-hybridized carbons (Fsp3) is 0.417. The Labute approximate surface area is 125 Å². The lowest BCUT2D eigenvalue weighted by atomic mass is 10.3. The normalized spacial score (nSPS) is 13.9. The molecule has 0 bridgehead atoms. The number of nitrogens with zero attached hydrogens (tertiary/aromatic N) is 2. The highest BCUT2D eigenvalue weighted by molar-refractivity contribution is 9.10. The molecule has 0 aliphatic rings. The van der Waals surface area contributed by atoms with Crippen molar-refractivity contribution in [1.29, 1.82) is 0 Å². The van der Waals surface area contributed by atoms with Gasteiger partial charge in [-0.2, -0.15) is 0 Å². The van der Waals surface area contributed by atoms with E-state index in [-0.39, 0.29) is 11.1 Å². The van der Waals surface area contributed by atoms with Crippen molar-refractivity contribution in [2.45, 2.75) is 18.8 Å². The molecule has 2 aromatic rings. The summed E-state index contributed by atoms with van der Waals surface area (Å²) < 4.78 is 25.5. The molecule has 0 aliphatic carbocycles. The van der Waals surface area contributed by atoms with Gasteiger partial charge in [-0.1, -0.05) is 15.9 Å². The van der Waals surface area contributed by atoms with Crippen LogP contribution >= 0.6 is 27.5 Å². The Hall–Kier alpha value is -0.590. The highest BCUT2D eigenvalue weighted by atomic mass is 79.9. The summed E-state index contributed by atoms with van der Waals surface area (Å²) in [5.74, 6) is 0.764. The quantitative estimate of drug-likeness (QED) is 0.782. The van der Waals surface area contributed by atoms with Gasteiger partial charge in [-0.05, 0) is 25.1 Å². The fourth-order valence-electron chi connectivity index (χ4n) is 1.91. The summed E-state index contributed by atoms with van der Waals surface area (Å²) in [5.41, 5.74) is 1.71. The van der Waals surface area contributed by atoms with Crippen LogP contribution in [-0.2, 0) is 16.4 Å². The van der Waals surface area contributed by atoms with Crippen molar-refractivity contribution in [2.75, 3.05) is 12.0 Å². The van der Waals surface area contributed by atoms with E-state index in [4.69, 9.17) is 11.6 Å². The van der Waals surface area contributed by atoms with Gasteiger partial charge in [0.15, 0.2) is 0 Å². The van der Waals surface area contributed by atoms with Gasteiger partial charge in [0.1, 0.15) is 15.7 Å². The van der Waals surface area contributed by atoms with Crippen molar-refractivity contribution >= 4 is 48.4 Å². The lowest BCUT2D eigenvalue weighted by molar-refractivity contribution is 0.593. The summed E-state index contributed by atoms with van der Waals surface area (Å²) in [6.45, 7) is 2.19. The maximum Gasteiger partial charge on any atom is 0.149 e. The van der Waals surface area contributed by atoms with Crippen LogP contribution in [0, 0.1) is 0 Å². The Morgan fingerprint density at radius 3 is 2.74 bits per heavy atom. The molecule has 7 heteroatoms. The number of aryl methyl sites for hydroxylation is 1. The number of rotatable bonds is 4. The van der Waals surface area contributed by atoms with Crippen molar-refractivity contribution in [3.8, 4) is 0 Å². The van der Waals surface area contributed by atoms with Crippen molar-refractivity contribution in [1.82, 2.24) is 9.55 Å². The molecular weight excluding hydrogens is 352 g/mol. The van der Waals surface area contributed by atoms with Gasteiger partial charge in [0.2, 0.25) is 0 Å². The van der Waals surface area contributed by atoms with Crippen molar-refractivity contribution in [3.05, 3.63) is 28.5 Å². The Bertz CT molecular complexity index is 710. The predicted molar refractivity (Wildman–Crippen MR) is 81.4 cm³/mol. The van der Waals surface area contributed by atoms with Gasteiger partial charge >= 0.3 is 0 Å². The molecule has 0 spiro atoms. The van der Waals surface area contributed by atoms with E-state index in [2.05, 4.69) is 20.9 Å². The Balaban J connectivity index is 2.54. The van der Waals surface area contributed by atoms with E-state index in [1.54, 1.807) is 0 Å². The van der Waals surface area contributed by atoms with Crippen molar-refractivity contribution in [3.63, 3.8) is 0 Å². The first-order valence-electron chi connectivity index (χ1n) is 5.75. The summed E-state index contributed by atoms with van der Waals surface area (Å²) in [6.07, 6.45) is 1.23. The SMILES string of the molecule is CC(Cl)c1nc2ccc(Br)cc2n1CCS(C)(=O)=O. The minimum Gasteiger partial charge on any atom is -0.326 e. The summed E-state index contributed by atoms with van der Waals surface area (Å²) in [7, 11) is -3.02. The molecule has 1 atom stereocenters. The number of fused-ring (bicyclic) bond motifs is 1. The summed E-state index contributed by atoms with van der Waals surface area (Å²) in [4.78, 5) is 4.47. The number of halogens is 2. The highest BCUT2D eigenvalue weighted by Crippen LogP contribution is 2.26. The van der Waals surface area contributed by atoms with Crippen molar-refractivity contribution in [2.24, 2.45) is 0 Å². The van der Waals surface area contributed by atoms with E-state index in [0.717, 1.165) is 15.5 Å². The number of benzene rings is 1. The van der Waals surface area contributed by atoms with E-state index >= 15 is 0 Å². The lowest BCUT2D eigenvalue weighted by Crippen LogP contribution is -2.13. The van der Waals surface area contributed by atoms with E-state index in [0.29, 0.717) is 12.4 Å².